The standard InChI is InChI=1S/C17H19N3O3S/c1-12(2)19-9-8-15(21)18-16(19)24-11-14-10-20(17(22)23-14)13-6-4-3-5-7-13/h3-9,12,14H,10-11H2,1-2H3. The first kappa shape index (κ1) is 16.6. The van der Waals surface area contributed by atoms with Crippen LogP contribution in [0.15, 0.2) is 52.5 Å². The molecule has 1 aromatic heterocycles. The van der Waals surface area contributed by atoms with Gasteiger partial charge in [-0.1, -0.05) is 30.0 Å². The average molecular weight is 345 g/mol. The van der Waals surface area contributed by atoms with Crippen LogP contribution in [-0.4, -0.2) is 34.0 Å². The highest BCUT2D eigenvalue weighted by Gasteiger charge is 2.32. The molecule has 0 N–H and O–H groups in total. The third-order valence-corrected chi connectivity index (χ3v) is 4.80. The van der Waals surface area contributed by atoms with Crippen molar-refractivity contribution in [1.82, 2.24) is 9.55 Å². The van der Waals surface area contributed by atoms with Gasteiger partial charge in [0.2, 0.25) is 0 Å². The van der Waals surface area contributed by atoms with Gasteiger partial charge in [-0.05, 0) is 26.0 Å². The summed E-state index contributed by atoms with van der Waals surface area (Å²) in [6, 6.07) is 11.1. The number of ether oxygens (including phenoxy) is 1. The summed E-state index contributed by atoms with van der Waals surface area (Å²) in [4.78, 5) is 29.3. The van der Waals surface area contributed by atoms with Crippen molar-refractivity contribution >= 4 is 23.5 Å². The van der Waals surface area contributed by atoms with E-state index in [1.165, 1.54) is 17.8 Å². The lowest BCUT2D eigenvalue weighted by Crippen LogP contribution is -2.25. The first-order valence-electron chi connectivity index (χ1n) is 7.80. The third-order valence-electron chi connectivity index (χ3n) is 3.70. The lowest BCUT2D eigenvalue weighted by molar-refractivity contribution is 0.151. The maximum absolute atomic E-state index is 12.0. The molecule has 0 aliphatic carbocycles. The highest BCUT2D eigenvalue weighted by Crippen LogP contribution is 2.25. The summed E-state index contributed by atoms with van der Waals surface area (Å²) in [5, 5.41) is 0.645. The molecule has 126 valence electrons. The first-order chi connectivity index (χ1) is 11.5. The van der Waals surface area contributed by atoms with Gasteiger partial charge in [-0.3, -0.25) is 9.69 Å². The molecule has 3 rings (SSSR count). The largest absolute Gasteiger partial charge is 0.443 e. The van der Waals surface area contributed by atoms with E-state index in [0.29, 0.717) is 17.5 Å². The molecule has 1 saturated heterocycles. The number of rotatable bonds is 5. The minimum absolute atomic E-state index is 0.201. The number of aromatic nitrogens is 2. The zero-order valence-corrected chi connectivity index (χ0v) is 14.4. The Hall–Kier alpha value is -2.28. The van der Waals surface area contributed by atoms with Crippen molar-refractivity contribution in [3.8, 4) is 0 Å². The smallest absolute Gasteiger partial charge is 0.414 e. The molecule has 0 radical (unpaired) electrons. The molecule has 6 nitrogen and oxygen atoms in total. The Bertz CT molecular complexity index is 776. The predicted molar refractivity (Wildman–Crippen MR) is 93.7 cm³/mol. The fourth-order valence-electron chi connectivity index (χ4n) is 2.49. The minimum Gasteiger partial charge on any atom is -0.443 e. The molecule has 24 heavy (non-hydrogen) atoms. The van der Waals surface area contributed by atoms with Crippen molar-refractivity contribution in [2.75, 3.05) is 17.2 Å². The summed E-state index contributed by atoms with van der Waals surface area (Å²) in [6.07, 6.45) is 1.17. The van der Waals surface area contributed by atoms with Crippen LogP contribution in [0.5, 0.6) is 0 Å². The number of benzene rings is 1. The molecule has 0 saturated carbocycles. The zero-order chi connectivity index (χ0) is 17.1. The molecule has 1 aromatic carbocycles. The van der Waals surface area contributed by atoms with Gasteiger partial charge in [-0.15, -0.1) is 0 Å². The number of para-hydroxylation sites is 1. The van der Waals surface area contributed by atoms with Gasteiger partial charge in [-0.25, -0.2) is 4.79 Å². The highest BCUT2D eigenvalue weighted by molar-refractivity contribution is 7.99. The van der Waals surface area contributed by atoms with Gasteiger partial charge in [-0.2, -0.15) is 4.98 Å². The number of hydrogen-bond acceptors (Lipinski definition) is 5. The van der Waals surface area contributed by atoms with E-state index >= 15 is 0 Å². The topological polar surface area (TPSA) is 64.4 Å². The second-order valence-electron chi connectivity index (χ2n) is 5.81. The van der Waals surface area contributed by atoms with Crippen LogP contribution in [0.1, 0.15) is 19.9 Å². The molecule has 0 bridgehead atoms. The average Bonchev–Trinajstić information content (AvgIpc) is 2.94. The second kappa shape index (κ2) is 7.09. The predicted octanol–water partition coefficient (Wildman–Crippen LogP) is 2.94. The van der Waals surface area contributed by atoms with Gasteiger partial charge < -0.3 is 9.30 Å². The van der Waals surface area contributed by atoms with Crippen molar-refractivity contribution < 1.29 is 9.53 Å². The van der Waals surface area contributed by atoms with Crippen molar-refractivity contribution in [3.05, 3.63) is 52.9 Å². The van der Waals surface area contributed by atoms with E-state index in [1.54, 1.807) is 11.1 Å². The Morgan fingerprint density at radius 1 is 1.25 bits per heavy atom. The van der Waals surface area contributed by atoms with Crippen LogP contribution < -0.4 is 10.5 Å². The van der Waals surface area contributed by atoms with Gasteiger partial charge in [0.15, 0.2) is 5.16 Å². The van der Waals surface area contributed by atoms with Crippen molar-refractivity contribution in [2.24, 2.45) is 0 Å². The fraction of sp³-hybridized carbons (Fsp3) is 0.353. The molecule has 2 heterocycles. The number of nitrogens with zero attached hydrogens (tertiary/aromatic N) is 3. The SMILES string of the molecule is CC(C)n1ccc(=O)nc1SCC1CN(c2ccccc2)C(=O)O1. The van der Waals surface area contributed by atoms with E-state index in [2.05, 4.69) is 4.98 Å². The van der Waals surface area contributed by atoms with Crippen LogP contribution in [0.3, 0.4) is 0 Å². The number of anilines is 1. The van der Waals surface area contributed by atoms with Gasteiger partial charge in [0.25, 0.3) is 5.56 Å². The van der Waals surface area contributed by atoms with Crippen LogP contribution in [0.4, 0.5) is 10.5 Å². The van der Waals surface area contributed by atoms with E-state index in [1.807, 2.05) is 48.7 Å². The molecule has 1 unspecified atom stereocenters. The Morgan fingerprint density at radius 3 is 2.71 bits per heavy atom. The number of carbonyl (C=O) groups is 1. The molecule has 2 aromatic rings. The summed E-state index contributed by atoms with van der Waals surface area (Å²) in [7, 11) is 0. The molecule has 1 atom stereocenters. The zero-order valence-electron chi connectivity index (χ0n) is 13.6. The molecule has 1 amide bonds. The van der Waals surface area contributed by atoms with Gasteiger partial charge >= 0.3 is 6.09 Å². The van der Waals surface area contributed by atoms with Crippen molar-refractivity contribution in [2.45, 2.75) is 31.1 Å². The monoisotopic (exact) mass is 345 g/mol. The van der Waals surface area contributed by atoms with Crippen LogP contribution in [0.2, 0.25) is 0 Å². The highest BCUT2D eigenvalue weighted by atomic mass is 32.2. The van der Waals surface area contributed by atoms with Gasteiger partial charge in [0.1, 0.15) is 6.10 Å². The summed E-state index contributed by atoms with van der Waals surface area (Å²) >= 11 is 1.43. The van der Waals surface area contributed by atoms with Crippen molar-refractivity contribution in [1.29, 1.82) is 0 Å². The summed E-state index contributed by atoms with van der Waals surface area (Å²) < 4.78 is 7.37. The quantitative estimate of drug-likeness (QED) is 0.616. The number of cyclic esters (lactones) is 1. The molecular formula is C17H19N3O3S. The lowest BCUT2D eigenvalue weighted by Gasteiger charge is -2.16. The Kier molecular flexibility index (Phi) is 4.89. The Balaban J connectivity index is 1.67. The van der Waals surface area contributed by atoms with Crippen LogP contribution in [0.25, 0.3) is 0 Å². The second-order valence-corrected chi connectivity index (χ2v) is 6.80. The minimum atomic E-state index is -0.339. The first-order valence-corrected chi connectivity index (χ1v) is 8.78. The van der Waals surface area contributed by atoms with E-state index in [4.69, 9.17) is 4.74 Å². The summed E-state index contributed by atoms with van der Waals surface area (Å²) in [6.45, 7) is 4.56. The lowest BCUT2D eigenvalue weighted by atomic mass is 10.3. The number of hydrogen-bond donors (Lipinski definition) is 0. The van der Waals surface area contributed by atoms with Gasteiger partial charge in [0, 0.05) is 29.7 Å². The molecule has 0 spiro atoms. The molecule has 1 fully saturated rings. The normalized spacial score (nSPS) is 17.4. The molecular weight excluding hydrogens is 326 g/mol. The molecule has 1 aliphatic rings. The van der Waals surface area contributed by atoms with Crippen LogP contribution in [0, 0.1) is 0 Å². The maximum Gasteiger partial charge on any atom is 0.414 e. The van der Waals surface area contributed by atoms with Crippen LogP contribution in [-0.2, 0) is 4.74 Å². The number of thioether (sulfide) groups is 1. The van der Waals surface area contributed by atoms with E-state index < -0.39 is 0 Å². The van der Waals surface area contributed by atoms with Crippen molar-refractivity contribution in [3.63, 3.8) is 0 Å². The third kappa shape index (κ3) is 3.62. The van der Waals surface area contributed by atoms with E-state index in [0.717, 1.165) is 5.69 Å². The number of carbonyl (C=O) groups excluding carboxylic acids is 1. The summed E-state index contributed by atoms with van der Waals surface area (Å²) in [5.41, 5.74) is 0.565. The fourth-order valence-corrected chi connectivity index (χ4v) is 3.58. The van der Waals surface area contributed by atoms with Crippen LogP contribution >= 0.6 is 11.8 Å². The van der Waals surface area contributed by atoms with E-state index in [-0.39, 0.29) is 23.8 Å². The summed E-state index contributed by atoms with van der Waals surface area (Å²) in [5.74, 6) is 0.554. The molecule has 7 heteroatoms. The number of amides is 1. The van der Waals surface area contributed by atoms with Gasteiger partial charge in [0.05, 0.1) is 6.54 Å². The Labute approximate surface area is 144 Å². The van der Waals surface area contributed by atoms with E-state index in [9.17, 15) is 9.59 Å². The Morgan fingerprint density at radius 2 is 2.00 bits per heavy atom. The molecule has 1 aliphatic heterocycles. The maximum atomic E-state index is 12.0.